The van der Waals surface area contributed by atoms with Gasteiger partial charge in [-0.3, -0.25) is 9.36 Å². The number of nitrogens with one attached hydrogen (secondary N) is 1. The number of aromatic nitrogens is 3. The normalized spacial score (nSPS) is 11.3. The monoisotopic (exact) mass is 311 g/mol. The van der Waals surface area contributed by atoms with Crippen LogP contribution in [0.4, 0.5) is 0 Å². The maximum atomic E-state index is 12.7. The second kappa shape index (κ2) is 5.91. The van der Waals surface area contributed by atoms with Gasteiger partial charge in [-0.15, -0.1) is 0 Å². The Kier molecular flexibility index (Phi) is 3.94. The van der Waals surface area contributed by atoms with Crippen molar-refractivity contribution in [3.63, 3.8) is 0 Å². The summed E-state index contributed by atoms with van der Waals surface area (Å²) in [5.74, 6) is 0. The van der Waals surface area contributed by atoms with E-state index in [0.717, 1.165) is 36.2 Å². The molecule has 23 heavy (non-hydrogen) atoms. The van der Waals surface area contributed by atoms with Crippen LogP contribution in [0.1, 0.15) is 31.0 Å². The van der Waals surface area contributed by atoms with Crippen LogP contribution in [0.2, 0.25) is 0 Å². The number of fused-ring (bicyclic) bond motifs is 1. The van der Waals surface area contributed by atoms with E-state index < -0.39 is 0 Å². The minimum Gasteiger partial charge on any atom is -0.344 e. The summed E-state index contributed by atoms with van der Waals surface area (Å²) in [6, 6.07) is 9.40. The number of H-pyrrole nitrogens is 1. The first-order chi connectivity index (χ1) is 11.1. The first-order valence-electron chi connectivity index (χ1n) is 7.94. The lowest BCUT2D eigenvalue weighted by Crippen LogP contribution is -2.37. The molecule has 5 nitrogen and oxygen atoms in total. The quantitative estimate of drug-likeness (QED) is 0.805. The lowest BCUT2D eigenvalue weighted by Gasteiger charge is -2.09. The molecule has 2 aromatic heterocycles. The highest BCUT2D eigenvalue weighted by molar-refractivity contribution is 5.82. The van der Waals surface area contributed by atoms with Crippen molar-refractivity contribution in [2.24, 2.45) is 7.05 Å². The number of rotatable bonds is 4. The van der Waals surface area contributed by atoms with Crippen molar-refractivity contribution in [1.29, 1.82) is 0 Å². The first-order valence-corrected chi connectivity index (χ1v) is 7.94. The number of aryl methyl sites for hydroxylation is 2. The highest BCUT2D eigenvalue weighted by atomic mass is 16.2. The van der Waals surface area contributed by atoms with Crippen LogP contribution in [0.3, 0.4) is 0 Å². The fraction of sp³-hybridized carbons (Fsp3) is 0.333. The molecule has 0 radical (unpaired) electrons. The van der Waals surface area contributed by atoms with Gasteiger partial charge in [-0.1, -0.05) is 31.5 Å². The maximum absolute atomic E-state index is 12.7. The molecule has 3 rings (SSSR count). The van der Waals surface area contributed by atoms with E-state index in [4.69, 9.17) is 0 Å². The third kappa shape index (κ3) is 2.42. The Morgan fingerprint density at radius 2 is 1.83 bits per heavy atom. The molecule has 1 N–H and O–H groups in total. The summed E-state index contributed by atoms with van der Waals surface area (Å²) in [5.41, 5.74) is 2.76. The van der Waals surface area contributed by atoms with Crippen molar-refractivity contribution in [3.8, 4) is 5.69 Å². The summed E-state index contributed by atoms with van der Waals surface area (Å²) in [7, 11) is 1.54. The van der Waals surface area contributed by atoms with Crippen LogP contribution in [-0.2, 0) is 13.5 Å². The van der Waals surface area contributed by atoms with Crippen LogP contribution < -0.4 is 11.2 Å². The number of aromatic amines is 1. The van der Waals surface area contributed by atoms with Gasteiger partial charge in [0.2, 0.25) is 0 Å². The molecule has 1 aromatic carbocycles. The van der Waals surface area contributed by atoms with E-state index >= 15 is 0 Å². The molecule has 0 unspecified atom stereocenters. The summed E-state index contributed by atoms with van der Waals surface area (Å²) < 4.78 is 2.78. The molecule has 0 saturated heterocycles. The fourth-order valence-corrected chi connectivity index (χ4v) is 3.03. The van der Waals surface area contributed by atoms with Crippen LogP contribution in [0.15, 0.2) is 39.9 Å². The molecule has 0 aliphatic rings. The molecule has 0 atom stereocenters. The molecule has 0 spiro atoms. The molecule has 0 saturated carbocycles. The van der Waals surface area contributed by atoms with E-state index in [0.29, 0.717) is 11.0 Å². The lowest BCUT2D eigenvalue weighted by molar-refractivity contribution is 0.747. The van der Waals surface area contributed by atoms with E-state index in [2.05, 4.69) is 11.9 Å². The topological polar surface area (TPSA) is 59.8 Å². The maximum Gasteiger partial charge on any atom is 0.336 e. The molecule has 0 bridgehead atoms. The molecular weight excluding hydrogens is 290 g/mol. The summed E-state index contributed by atoms with van der Waals surface area (Å²) in [4.78, 5) is 28.6. The van der Waals surface area contributed by atoms with Crippen LogP contribution in [0.5, 0.6) is 0 Å². The Morgan fingerprint density at radius 1 is 1.13 bits per heavy atom. The van der Waals surface area contributed by atoms with Gasteiger partial charge in [-0.05, 0) is 37.5 Å². The fourth-order valence-electron chi connectivity index (χ4n) is 3.03. The van der Waals surface area contributed by atoms with Gasteiger partial charge in [0.1, 0.15) is 5.65 Å². The first kappa shape index (κ1) is 15.3. The summed E-state index contributed by atoms with van der Waals surface area (Å²) >= 11 is 0. The van der Waals surface area contributed by atoms with Crippen LogP contribution in [0.25, 0.3) is 16.7 Å². The zero-order valence-electron chi connectivity index (χ0n) is 13.7. The number of benzene rings is 1. The van der Waals surface area contributed by atoms with Crippen molar-refractivity contribution in [2.45, 2.75) is 33.1 Å². The van der Waals surface area contributed by atoms with E-state index in [1.54, 1.807) is 4.57 Å². The van der Waals surface area contributed by atoms with E-state index in [1.807, 2.05) is 37.3 Å². The number of nitrogens with zero attached hydrogens (tertiary/aromatic N) is 2. The van der Waals surface area contributed by atoms with Crippen molar-refractivity contribution < 1.29 is 0 Å². The molecule has 5 heteroatoms. The van der Waals surface area contributed by atoms with Gasteiger partial charge < -0.3 is 4.98 Å². The second-order valence-corrected chi connectivity index (χ2v) is 5.87. The Morgan fingerprint density at radius 3 is 2.48 bits per heavy atom. The Balaban J connectivity index is 2.42. The minimum atomic E-state index is -0.336. The average Bonchev–Trinajstić information content (AvgIpc) is 2.88. The van der Waals surface area contributed by atoms with Gasteiger partial charge in [0.15, 0.2) is 0 Å². The number of hydrogen-bond acceptors (Lipinski definition) is 2. The Labute approximate surface area is 134 Å². The van der Waals surface area contributed by atoms with Gasteiger partial charge in [0, 0.05) is 12.7 Å². The molecule has 2 heterocycles. The van der Waals surface area contributed by atoms with Crippen LogP contribution in [0, 0.1) is 6.92 Å². The molecule has 0 fully saturated rings. The second-order valence-electron chi connectivity index (χ2n) is 5.87. The third-order valence-corrected chi connectivity index (χ3v) is 4.31. The zero-order chi connectivity index (χ0) is 16.6. The highest BCUT2D eigenvalue weighted by Crippen LogP contribution is 2.22. The average molecular weight is 311 g/mol. The smallest absolute Gasteiger partial charge is 0.336 e. The molecule has 0 amide bonds. The standard InChI is InChI=1S/C18H21N3O2/c1-4-5-11-14-12(2)19-16-15(14)17(22)20(3)18(23)21(16)13-9-7-6-8-10-13/h6-10,19H,4-5,11H2,1-3H3. The van der Waals surface area contributed by atoms with E-state index in [9.17, 15) is 9.59 Å². The Hall–Kier alpha value is -2.56. The summed E-state index contributed by atoms with van der Waals surface area (Å²) in [6.07, 6.45) is 2.91. The Bertz CT molecular complexity index is 962. The third-order valence-electron chi connectivity index (χ3n) is 4.31. The van der Waals surface area contributed by atoms with Crippen molar-refractivity contribution in [1.82, 2.24) is 14.1 Å². The molecule has 120 valence electrons. The van der Waals surface area contributed by atoms with Gasteiger partial charge in [-0.25, -0.2) is 9.36 Å². The van der Waals surface area contributed by atoms with Crippen LogP contribution in [-0.4, -0.2) is 14.1 Å². The molecule has 3 aromatic rings. The number of hydrogen-bond donors (Lipinski definition) is 1. The minimum absolute atomic E-state index is 0.229. The molecule has 0 aliphatic carbocycles. The molecular formula is C18H21N3O2. The predicted octanol–water partition coefficient (Wildman–Crippen LogP) is 2.67. The van der Waals surface area contributed by atoms with Gasteiger partial charge in [0.05, 0.1) is 11.1 Å². The van der Waals surface area contributed by atoms with E-state index in [-0.39, 0.29) is 11.2 Å². The zero-order valence-corrected chi connectivity index (χ0v) is 13.7. The van der Waals surface area contributed by atoms with Crippen molar-refractivity contribution in [3.05, 3.63) is 62.4 Å². The predicted molar refractivity (Wildman–Crippen MR) is 92.5 cm³/mol. The van der Waals surface area contributed by atoms with Crippen LogP contribution >= 0.6 is 0 Å². The number of unbranched alkanes of at least 4 members (excludes halogenated alkanes) is 1. The van der Waals surface area contributed by atoms with Crippen molar-refractivity contribution in [2.75, 3.05) is 0 Å². The lowest BCUT2D eigenvalue weighted by atomic mass is 10.1. The number of para-hydroxylation sites is 1. The SMILES string of the molecule is CCCCc1c(C)[nH]c2c1c(=O)n(C)c(=O)n2-c1ccccc1. The van der Waals surface area contributed by atoms with Gasteiger partial charge >= 0.3 is 5.69 Å². The summed E-state index contributed by atoms with van der Waals surface area (Å²) in [5, 5.41) is 0.627. The van der Waals surface area contributed by atoms with E-state index in [1.165, 1.54) is 11.6 Å². The largest absolute Gasteiger partial charge is 0.344 e. The van der Waals surface area contributed by atoms with Crippen molar-refractivity contribution >= 4 is 11.0 Å². The van der Waals surface area contributed by atoms with Gasteiger partial charge in [0.25, 0.3) is 5.56 Å². The summed E-state index contributed by atoms with van der Waals surface area (Å²) in [6.45, 7) is 4.09. The molecule has 0 aliphatic heterocycles. The van der Waals surface area contributed by atoms with Gasteiger partial charge in [-0.2, -0.15) is 0 Å². The highest BCUT2D eigenvalue weighted by Gasteiger charge is 2.19.